The van der Waals surface area contributed by atoms with E-state index in [1.54, 1.807) is 32.1 Å². The molecule has 0 radical (unpaired) electrons. The lowest BCUT2D eigenvalue weighted by Crippen LogP contribution is -2.64. The molecule has 7 aliphatic rings. The van der Waals surface area contributed by atoms with Gasteiger partial charge in [0.2, 0.25) is 23.8 Å². The number of ketones is 3. The average molecular weight is 1550 g/mol. The number of methoxy groups -OCH3 is 1. The summed E-state index contributed by atoms with van der Waals surface area (Å²) in [5.41, 5.74) is -8.10. The Morgan fingerprint density at radius 2 is 1.16 bits per heavy atom. The van der Waals surface area contributed by atoms with Gasteiger partial charge in [0.05, 0.1) is 55.0 Å². The predicted molar refractivity (Wildman–Crippen MR) is 380 cm³/mol. The number of benzene rings is 4. The van der Waals surface area contributed by atoms with E-state index in [1.165, 1.54) is 64.3 Å². The number of hydrogen-bond acceptors (Lipinski definition) is 33. The number of hydrogen-bond donors (Lipinski definition) is 20. The number of aliphatic hydroxyl groups is 15. The molecule has 3 saturated heterocycles. The fraction of sp³-hybridized carbons (Fsp3) is 0.519. The summed E-state index contributed by atoms with van der Waals surface area (Å²) in [4.78, 5) is 67.8. The van der Waals surface area contributed by atoms with E-state index in [2.05, 4.69) is 0 Å². The molecule has 3 aliphatic heterocycles. The molecule has 0 amide bonds. The molecule has 6 aromatic rings. The standard InChI is InChI=1S/C36H52O12.C22H22O10.C19H18O11/c1-31(2,45)12-11-23(39)36(8,46)28-19(38)14-33(5)22-10-9-17-18(35(22,7)24(40)15-34(28,33)6)13-20(29(44)32(17,3)4)47-30-27(43)26(42)25(41)21(16-37)48-30;1-29-12-6-15-18(13(25)8-14(30-15)10-2-4-11(24)5-3-10)16(7-12)31-22-21(28)20(27)19(26)17(9-23)32-22;20-4-11-15(25)17(27)18(28)19(30-11)12-8(23)3-10-13(16(12)26)14(24)5-1-6(21)7(22)2-9(5)29-10/h9,11-13,18-19,21-22,25-28,30,37-38,41-43,45-46H,10,14-16H2,1-8H3;2-8,17,19-24,26-28H,9H2,1H3;1-3,11,15,17-23,25-28H,4H2/b12-11+;;/t18?,19-,21?,22?,25-,26?,27+,28?,30-,33+,34-,35+,36+;17?,19-,20?,21+,22-;11?,15-,17?,18+,19+/m111/s1. The number of phenolic OH excluding ortho intramolecular Hbond substituents is 5. The van der Waals surface area contributed by atoms with Crippen LogP contribution in [-0.2, 0) is 33.3 Å². The van der Waals surface area contributed by atoms with E-state index < -0.39 is 225 Å². The Balaban J connectivity index is 0.000000170. The van der Waals surface area contributed by atoms with Crippen LogP contribution >= 0.6 is 0 Å². The molecule has 2 aromatic heterocycles. The van der Waals surface area contributed by atoms with Gasteiger partial charge < -0.3 is 139 Å². The van der Waals surface area contributed by atoms with Gasteiger partial charge in [0.1, 0.15) is 153 Å². The fourth-order valence-electron chi connectivity index (χ4n) is 17.1. The summed E-state index contributed by atoms with van der Waals surface area (Å²) < 4.78 is 44.4. The normalized spacial score (nSPS) is 34.6. The zero-order valence-corrected chi connectivity index (χ0v) is 61.0. The highest BCUT2D eigenvalue weighted by atomic mass is 16.7. The first-order valence-corrected chi connectivity index (χ1v) is 35.3. The smallest absolute Gasteiger partial charge is 0.229 e. The van der Waals surface area contributed by atoms with Crippen molar-refractivity contribution in [2.24, 2.45) is 39.4 Å². The minimum absolute atomic E-state index is 0.0327. The lowest BCUT2D eigenvalue weighted by molar-refractivity contribution is -0.291. The molecule has 33 nitrogen and oxygen atoms in total. The summed E-state index contributed by atoms with van der Waals surface area (Å²) >= 11 is 0. The zero-order valence-electron chi connectivity index (χ0n) is 61.0. The summed E-state index contributed by atoms with van der Waals surface area (Å²) in [5, 5.41) is 203. The van der Waals surface area contributed by atoms with Crippen molar-refractivity contribution in [3.8, 4) is 51.6 Å². The van der Waals surface area contributed by atoms with Crippen molar-refractivity contribution in [2.45, 2.75) is 184 Å². The minimum Gasteiger partial charge on any atom is -0.508 e. The fourth-order valence-corrected chi connectivity index (χ4v) is 17.1. The van der Waals surface area contributed by atoms with Crippen molar-refractivity contribution in [1.82, 2.24) is 0 Å². The second-order valence-corrected chi connectivity index (χ2v) is 31.1. The van der Waals surface area contributed by atoms with Gasteiger partial charge in [0.15, 0.2) is 28.5 Å². The van der Waals surface area contributed by atoms with Crippen LogP contribution in [0.5, 0.6) is 40.2 Å². The molecule has 4 aliphatic carbocycles. The molecule has 598 valence electrons. The molecular formula is C77H92O33. The maximum absolute atomic E-state index is 14.7. The second-order valence-electron chi connectivity index (χ2n) is 31.1. The summed E-state index contributed by atoms with van der Waals surface area (Å²) in [7, 11) is 1.40. The Bertz CT molecular complexity index is 4740. The van der Waals surface area contributed by atoms with Gasteiger partial charge in [-0.15, -0.1) is 0 Å². The Morgan fingerprint density at radius 3 is 1.74 bits per heavy atom. The Labute approximate surface area is 625 Å². The number of phenols is 5. The Hall–Kier alpha value is -8.53. The van der Waals surface area contributed by atoms with Crippen LogP contribution in [0.15, 0.2) is 115 Å². The van der Waals surface area contributed by atoms with E-state index in [1.807, 2.05) is 26.8 Å². The number of carbonyl (C=O) groups excluding carboxylic acids is 3. The van der Waals surface area contributed by atoms with Gasteiger partial charge in [-0.1, -0.05) is 38.5 Å². The third kappa shape index (κ3) is 14.1. The molecule has 5 heterocycles. The van der Waals surface area contributed by atoms with E-state index in [9.17, 15) is 126 Å². The third-order valence-corrected chi connectivity index (χ3v) is 23.3. The van der Waals surface area contributed by atoms with Crippen LogP contribution in [0.2, 0.25) is 0 Å². The van der Waals surface area contributed by atoms with Gasteiger partial charge in [0.25, 0.3) is 0 Å². The lowest BCUT2D eigenvalue weighted by atomic mass is 9.39. The van der Waals surface area contributed by atoms with Gasteiger partial charge in [-0.05, 0) is 107 Å². The highest BCUT2D eigenvalue weighted by Crippen LogP contribution is 2.74. The van der Waals surface area contributed by atoms with E-state index in [4.69, 9.17) is 37.3 Å². The highest BCUT2D eigenvalue weighted by molar-refractivity contribution is 6.03. The van der Waals surface area contributed by atoms with Crippen molar-refractivity contribution in [3.63, 3.8) is 0 Å². The Morgan fingerprint density at radius 1 is 0.618 bits per heavy atom. The molecule has 5 fully saturated rings. The topological polar surface area (TPSA) is 572 Å². The summed E-state index contributed by atoms with van der Waals surface area (Å²) in [6, 6.07) is 13.1. The Kier molecular flexibility index (Phi) is 22.6. The van der Waals surface area contributed by atoms with Crippen molar-refractivity contribution >= 4 is 50.3 Å². The monoisotopic (exact) mass is 1540 g/mol. The number of allylic oxidation sites excluding steroid dienone is 4. The summed E-state index contributed by atoms with van der Waals surface area (Å²) in [6.45, 7) is 11.5. The molecule has 110 heavy (non-hydrogen) atoms. The van der Waals surface area contributed by atoms with Crippen LogP contribution in [0.25, 0.3) is 44.2 Å². The van der Waals surface area contributed by atoms with Crippen LogP contribution in [0.3, 0.4) is 0 Å². The molecule has 20 N–H and O–H groups in total. The van der Waals surface area contributed by atoms with Crippen LogP contribution < -0.4 is 20.3 Å². The molecule has 0 spiro atoms. The largest absolute Gasteiger partial charge is 0.508 e. The van der Waals surface area contributed by atoms with Crippen LogP contribution in [0.1, 0.15) is 86.3 Å². The predicted octanol–water partition coefficient (Wildman–Crippen LogP) is 0.514. The summed E-state index contributed by atoms with van der Waals surface area (Å²) in [5.74, 6) is -5.59. The average Bonchev–Trinajstić information content (AvgIpc) is 1.42. The van der Waals surface area contributed by atoms with Gasteiger partial charge in [-0.25, -0.2) is 0 Å². The molecule has 9 unspecified atom stereocenters. The van der Waals surface area contributed by atoms with E-state index >= 15 is 0 Å². The third-order valence-electron chi connectivity index (χ3n) is 23.3. The van der Waals surface area contributed by atoms with Crippen LogP contribution in [0.4, 0.5) is 0 Å². The minimum atomic E-state index is -2.05. The van der Waals surface area contributed by atoms with E-state index in [0.717, 1.165) is 29.8 Å². The van der Waals surface area contributed by atoms with E-state index in [0.29, 0.717) is 12.0 Å². The van der Waals surface area contributed by atoms with Gasteiger partial charge in [0, 0.05) is 59.6 Å². The number of aliphatic hydroxyl groups excluding tert-OH is 13. The van der Waals surface area contributed by atoms with Crippen LogP contribution in [0, 0.1) is 39.4 Å². The quantitative estimate of drug-likeness (QED) is 0.0306. The molecule has 0 bridgehead atoms. The second kappa shape index (κ2) is 30.2. The molecule has 33 heteroatoms. The van der Waals surface area contributed by atoms with Gasteiger partial charge >= 0.3 is 0 Å². The first kappa shape index (κ1) is 82.4. The van der Waals surface area contributed by atoms with Crippen molar-refractivity contribution in [2.75, 3.05) is 26.9 Å². The maximum atomic E-state index is 14.7. The summed E-state index contributed by atoms with van der Waals surface area (Å²) in [6.07, 6.45) is -18.2. The van der Waals surface area contributed by atoms with Crippen molar-refractivity contribution in [3.05, 3.63) is 122 Å². The molecule has 23 atom stereocenters. The zero-order chi connectivity index (χ0) is 81.0. The van der Waals surface area contributed by atoms with Crippen LogP contribution in [-0.4, -0.2) is 250 Å². The number of Topliss-reactive ketones (excluding diaryl/α,β-unsaturated/α-hetero) is 2. The van der Waals surface area contributed by atoms with E-state index in [-0.39, 0.29) is 74.9 Å². The number of ether oxygens (including phenoxy) is 6. The number of aromatic hydroxyl groups is 5. The SMILES string of the molecule is CC(C)(O)/C=C/C(=O)[C@](C)(O)C1[C@H](O)C[C@@]2(C)C3CC=C4C(C=C(O[C@@H]5OC(CO)[C@@H](O)C(O)[C@@H]5O)C(=O)C4(C)C)[C@]3(C)C(=O)C[C@]12C.COc1cc(O[C@@H]2OC(CO)[C@@H](O)C(O)[C@@H]2O)c2c(=O)cc(-c3ccc(O)cc3)oc2c1.O=c1c2cc(O)c(O)cc2oc2cc(O)c([C@@H]3OC(CO)[C@@H](O)C(O)[C@@H]3O)c(O)c12. The van der Waals surface area contributed by atoms with Gasteiger partial charge in [-0.2, -0.15) is 0 Å². The molecular weight excluding hydrogens is 1450 g/mol. The van der Waals surface area contributed by atoms with Gasteiger partial charge in [-0.3, -0.25) is 24.0 Å². The molecule has 13 rings (SSSR count). The molecule has 4 aromatic carbocycles. The highest BCUT2D eigenvalue weighted by Gasteiger charge is 2.74. The number of carbonyl (C=O) groups is 3. The number of rotatable bonds is 14. The number of fused-ring (bicyclic) bond motifs is 8. The molecule has 2 saturated carbocycles. The van der Waals surface area contributed by atoms with Crippen molar-refractivity contribution in [1.29, 1.82) is 0 Å². The first-order chi connectivity index (χ1) is 51.4. The van der Waals surface area contributed by atoms with Crippen molar-refractivity contribution < 1.29 is 154 Å². The first-order valence-electron chi connectivity index (χ1n) is 35.3. The maximum Gasteiger partial charge on any atom is 0.229 e. The lowest BCUT2D eigenvalue weighted by Gasteiger charge is -2.63.